The van der Waals surface area contributed by atoms with Crippen LogP contribution in [0.4, 0.5) is 20.6 Å². The molecule has 0 aromatic heterocycles. The van der Waals surface area contributed by atoms with Crippen molar-refractivity contribution in [3.8, 4) is 5.75 Å². The van der Waals surface area contributed by atoms with E-state index in [1.807, 2.05) is 25.6 Å². The van der Waals surface area contributed by atoms with E-state index in [1.165, 1.54) is 11.0 Å². The second kappa shape index (κ2) is 7.62. The van der Waals surface area contributed by atoms with Gasteiger partial charge in [0.1, 0.15) is 36.1 Å². The fraction of sp³-hybridized carbons (Fsp3) is 0.636. The van der Waals surface area contributed by atoms with Gasteiger partial charge in [0.2, 0.25) is 0 Å². The Labute approximate surface area is 180 Å². The van der Waals surface area contributed by atoms with Crippen molar-refractivity contribution >= 4 is 35.0 Å². The van der Waals surface area contributed by atoms with E-state index in [0.29, 0.717) is 42.0 Å². The molecule has 4 aliphatic rings. The Morgan fingerprint density at radius 1 is 1.23 bits per heavy atom. The van der Waals surface area contributed by atoms with Crippen LogP contribution in [0.25, 0.3) is 0 Å². The van der Waals surface area contributed by atoms with Crippen LogP contribution in [0.1, 0.15) is 39.5 Å². The molecular formula is C22H27FN2O4S. The van der Waals surface area contributed by atoms with Crippen LogP contribution in [0, 0.1) is 11.7 Å². The lowest BCUT2D eigenvalue weighted by atomic mass is 9.98. The van der Waals surface area contributed by atoms with Gasteiger partial charge < -0.3 is 14.4 Å². The molecule has 0 N–H and O–H groups in total. The van der Waals surface area contributed by atoms with Crippen LogP contribution < -0.4 is 14.5 Å². The van der Waals surface area contributed by atoms with Gasteiger partial charge in [-0.2, -0.15) is 11.8 Å². The summed E-state index contributed by atoms with van der Waals surface area (Å²) >= 11 is 1.94. The average molecular weight is 435 g/mol. The molecule has 0 saturated carbocycles. The van der Waals surface area contributed by atoms with E-state index >= 15 is 4.39 Å². The lowest BCUT2D eigenvalue weighted by Crippen LogP contribution is -2.45. The molecule has 4 atom stereocenters. The minimum absolute atomic E-state index is 0.0439. The first kappa shape index (κ1) is 20.0. The van der Waals surface area contributed by atoms with Crippen LogP contribution in [-0.4, -0.2) is 54.2 Å². The third kappa shape index (κ3) is 3.24. The maximum atomic E-state index is 15.2. The van der Waals surface area contributed by atoms with Crippen molar-refractivity contribution in [3.63, 3.8) is 0 Å². The first-order valence-corrected chi connectivity index (χ1v) is 11.9. The SMILES string of the molecule is CC(C)C(=O)CC[C@@H]1OC(=O)N2c3cc(F)c(N4C5CCC4CSC5)cc3OC[C@@H]12. The summed E-state index contributed by atoms with van der Waals surface area (Å²) in [6, 6.07) is 3.55. The molecule has 162 valence electrons. The first-order chi connectivity index (χ1) is 14.4. The minimum Gasteiger partial charge on any atom is -0.489 e. The van der Waals surface area contributed by atoms with Gasteiger partial charge in [-0.05, 0) is 19.3 Å². The Hall–Kier alpha value is -1.96. The third-order valence-electron chi connectivity index (χ3n) is 6.74. The molecule has 1 aromatic rings. The number of halogens is 1. The Morgan fingerprint density at radius 3 is 2.67 bits per heavy atom. The van der Waals surface area contributed by atoms with Crippen LogP contribution in [0.2, 0.25) is 0 Å². The molecule has 2 bridgehead atoms. The van der Waals surface area contributed by atoms with Crippen molar-refractivity contribution in [3.05, 3.63) is 17.9 Å². The molecule has 8 heteroatoms. The highest BCUT2D eigenvalue weighted by Gasteiger charge is 2.47. The van der Waals surface area contributed by atoms with Gasteiger partial charge in [0.05, 0.1) is 11.4 Å². The standard InChI is InChI=1S/C22H27FN2O4S/c1-12(2)19(26)5-6-20-18-9-28-21-8-16(24-13-3-4-14(24)11-30-10-13)15(23)7-17(21)25(18)22(27)29-20/h7-8,12-14,18,20H,3-6,9-11H2,1-2H3/t13?,14?,18-,20-/m0/s1. The highest BCUT2D eigenvalue weighted by atomic mass is 32.2. The smallest absolute Gasteiger partial charge is 0.415 e. The lowest BCUT2D eigenvalue weighted by Gasteiger charge is -2.38. The fourth-order valence-corrected chi connectivity index (χ4v) is 6.42. The Morgan fingerprint density at radius 2 is 1.97 bits per heavy atom. The van der Waals surface area contributed by atoms with Crippen LogP contribution in [0.15, 0.2) is 12.1 Å². The summed E-state index contributed by atoms with van der Waals surface area (Å²) < 4.78 is 26.8. The largest absolute Gasteiger partial charge is 0.489 e. The minimum atomic E-state index is -0.492. The van der Waals surface area contributed by atoms with E-state index in [1.54, 1.807) is 6.07 Å². The number of carbonyl (C=O) groups is 2. The number of hydrogen-bond acceptors (Lipinski definition) is 6. The van der Waals surface area contributed by atoms with Gasteiger partial charge in [0.15, 0.2) is 0 Å². The maximum Gasteiger partial charge on any atom is 0.415 e. The van der Waals surface area contributed by atoms with Crippen LogP contribution >= 0.6 is 11.8 Å². The number of rotatable bonds is 5. The molecule has 1 amide bonds. The second-order valence-corrected chi connectivity index (χ2v) is 10.0. The van der Waals surface area contributed by atoms with Crippen LogP contribution in [-0.2, 0) is 9.53 Å². The summed E-state index contributed by atoms with van der Waals surface area (Å²) in [4.78, 5) is 28.3. The number of thioether (sulfide) groups is 1. The van der Waals surface area contributed by atoms with E-state index < -0.39 is 12.2 Å². The zero-order valence-corrected chi connectivity index (χ0v) is 18.1. The Bertz CT molecular complexity index is 863. The zero-order valence-electron chi connectivity index (χ0n) is 17.3. The van der Waals surface area contributed by atoms with E-state index in [4.69, 9.17) is 9.47 Å². The number of Topliss-reactive ketones (excluding diaryl/α,β-unsaturated/α-hetero) is 1. The number of carbonyl (C=O) groups excluding carboxylic acids is 2. The number of ether oxygens (including phenoxy) is 2. The predicted molar refractivity (Wildman–Crippen MR) is 114 cm³/mol. The molecule has 6 nitrogen and oxygen atoms in total. The van der Waals surface area contributed by atoms with Crippen LogP contribution in [0.3, 0.4) is 0 Å². The molecule has 3 saturated heterocycles. The molecule has 4 heterocycles. The summed E-state index contributed by atoms with van der Waals surface area (Å²) in [5.74, 6) is 2.34. The molecule has 1 aromatic carbocycles. The van der Waals surface area contributed by atoms with Crippen molar-refractivity contribution in [2.24, 2.45) is 5.92 Å². The normalized spacial score (nSPS) is 29.5. The molecule has 2 unspecified atom stereocenters. The number of anilines is 2. The topological polar surface area (TPSA) is 59.1 Å². The van der Waals surface area contributed by atoms with E-state index in [-0.39, 0.29) is 30.2 Å². The lowest BCUT2D eigenvalue weighted by molar-refractivity contribution is -0.122. The number of fused-ring (bicyclic) bond motifs is 5. The molecular weight excluding hydrogens is 407 g/mol. The van der Waals surface area contributed by atoms with Gasteiger partial charge in [-0.25, -0.2) is 9.18 Å². The first-order valence-electron chi connectivity index (χ1n) is 10.8. The van der Waals surface area contributed by atoms with Gasteiger partial charge in [0, 0.05) is 48.1 Å². The van der Waals surface area contributed by atoms with Crippen molar-refractivity contribution in [1.29, 1.82) is 0 Å². The third-order valence-corrected chi connectivity index (χ3v) is 7.99. The van der Waals surface area contributed by atoms with Gasteiger partial charge in [-0.1, -0.05) is 13.8 Å². The average Bonchev–Trinajstić information content (AvgIpc) is 3.17. The number of amides is 1. The second-order valence-electron chi connectivity index (χ2n) is 8.93. The number of ketones is 1. The predicted octanol–water partition coefficient (Wildman–Crippen LogP) is 4.00. The van der Waals surface area contributed by atoms with Gasteiger partial charge in [-0.3, -0.25) is 9.69 Å². The summed E-state index contributed by atoms with van der Waals surface area (Å²) in [7, 11) is 0. The molecule has 5 rings (SSSR count). The highest BCUT2D eigenvalue weighted by molar-refractivity contribution is 7.99. The summed E-state index contributed by atoms with van der Waals surface area (Å²) in [5, 5.41) is 0. The summed E-state index contributed by atoms with van der Waals surface area (Å²) in [6.07, 6.45) is 2.08. The quantitative estimate of drug-likeness (QED) is 0.698. The number of nitrogens with zero attached hydrogens (tertiary/aromatic N) is 2. The molecule has 0 radical (unpaired) electrons. The monoisotopic (exact) mass is 434 g/mol. The van der Waals surface area contributed by atoms with Crippen molar-refractivity contribution in [2.75, 3.05) is 27.9 Å². The molecule has 0 aliphatic carbocycles. The van der Waals surface area contributed by atoms with E-state index in [2.05, 4.69) is 4.90 Å². The van der Waals surface area contributed by atoms with Crippen LogP contribution in [0.5, 0.6) is 5.75 Å². The molecule has 30 heavy (non-hydrogen) atoms. The van der Waals surface area contributed by atoms with E-state index in [0.717, 1.165) is 24.3 Å². The summed E-state index contributed by atoms with van der Waals surface area (Å²) in [6.45, 7) is 4.01. The molecule has 3 fully saturated rings. The Balaban J connectivity index is 1.39. The highest BCUT2D eigenvalue weighted by Crippen LogP contribution is 2.46. The van der Waals surface area contributed by atoms with Gasteiger partial charge >= 0.3 is 6.09 Å². The fourth-order valence-electron chi connectivity index (χ4n) is 5.08. The number of benzene rings is 1. The maximum absolute atomic E-state index is 15.2. The Kier molecular flexibility index (Phi) is 5.08. The van der Waals surface area contributed by atoms with Gasteiger partial charge in [-0.15, -0.1) is 0 Å². The molecule has 4 aliphatic heterocycles. The van der Waals surface area contributed by atoms with E-state index in [9.17, 15) is 9.59 Å². The van der Waals surface area contributed by atoms with Crippen molar-refractivity contribution in [2.45, 2.75) is 63.8 Å². The van der Waals surface area contributed by atoms with Crippen molar-refractivity contribution in [1.82, 2.24) is 0 Å². The van der Waals surface area contributed by atoms with Crippen molar-refractivity contribution < 1.29 is 23.5 Å². The van der Waals surface area contributed by atoms with Gasteiger partial charge in [0.25, 0.3) is 0 Å². The number of cyclic esters (lactones) is 1. The summed E-state index contributed by atoms with van der Waals surface area (Å²) in [5.41, 5.74) is 1.00. The number of hydrogen-bond donors (Lipinski definition) is 0. The molecule has 0 spiro atoms. The zero-order chi connectivity index (χ0) is 21.0.